The molecule has 0 bridgehead atoms. The Hall–Kier alpha value is -2.27. The van der Waals surface area contributed by atoms with Gasteiger partial charge in [0.25, 0.3) is 5.69 Å². The first-order valence-electron chi connectivity index (χ1n) is 6.45. The van der Waals surface area contributed by atoms with Gasteiger partial charge in [-0.1, -0.05) is 30.3 Å². The minimum atomic E-state index is -0.404. The Labute approximate surface area is 117 Å². The summed E-state index contributed by atoms with van der Waals surface area (Å²) in [6.45, 7) is 1.67. The molecule has 0 spiro atoms. The quantitative estimate of drug-likeness (QED) is 0.670. The van der Waals surface area contributed by atoms with E-state index in [0.29, 0.717) is 12.1 Å². The van der Waals surface area contributed by atoms with E-state index in [-0.39, 0.29) is 11.7 Å². The average Bonchev–Trinajstić information content (AvgIpc) is 2.45. The Kier molecular flexibility index (Phi) is 4.42. The topological polar surface area (TPSA) is 68.1 Å². The van der Waals surface area contributed by atoms with Crippen molar-refractivity contribution in [2.75, 3.05) is 7.05 Å². The number of aryl methyl sites for hydroxylation is 1. The normalized spacial score (nSPS) is 12.1. The molecule has 0 fully saturated rings. The van der Waals surface area contributed by atoms with Crippen LogP contribution in [-0.4, -0.2) is 17.0 Å². The summed E-state index contributed by atoms with van der Waals surface area (Å²) in [4.78, 5) is 14.7. The Balaban J connectivity index is 2.20. The third kappa shape index (κ3) is 3.19. The lowest BCUT2D eigenvalue weighted by molar-refractivity contribution is -0.385. The molecule has 2 rings (SSSR count). The van der Waals surface area contributed by atoms with Crippen LogP contribution < -0.4 is 5.32 Å². The van der Waals surface area contributed by atoms with Gasteiger partial charge in [-0.2, -0.15) is 0 Å². The van der Waals surface area contributed by atoms with Crippen molar-refractivity contribution in [3.05, 3.63) is 69.5 Å². The number of hydrogen-bond acceptors (Lipinski definition) is 4. The molecular weight excluding hydrogens is 254 g/mol. The molecular formula is C15H17N3O2. The molecule has 0 radical (unpaired) electrons. The van der Waals surface area contributed by atoms with Crippen LogP contribution in [0.1, 0.15) is 23.0 Å². The highest BCUT2D eigenvalue weighted by atomic mass is 16.6. The SMILES string of the molecule is CNC(Cc1ccc([N+](=O)[O-])c(C)n1)c1ccccc1. The van der Waals surface area contributed by atoms with E-state index in [2.05, 4.69) is 22.4 Å². The van der Waals surface area contributed by atoms with Gasteiger partial charge in [-0.25, -0.2) is 0 Å². The van der Waals surface area contributed by atoms with E-state index in [4.69, 9.17) is 0 Å². The minimum absolute atomic E-state index is 0.0643. The molecule has 1 heterocycles. The van der Waals surface area contributed by atoms with Gasteiger partial charge in [-0.3, -0.25) is 15.1 Å². The zero-order valence-corrected chi connectivity index (χ0v) is 11.5. The van der Waals surface area contributed by atoms with E-state index in [1.54, 1.807) is 13.0 Å². The second kappa shape index (κ2) is 6.25. The van der Waals surface area contributed by atoms with Gasteiger partial charge in [0.15, 0.2) is 0 Å². The van der Waals surface area contributed by atoms with Crippen molar-refractivity contribution in [1.82, 2.24) is 10.3 Å². The number of hydrogen-bond donors (Lipinski definition) is 1. The number of rotatable bonds is 5. The van der Waals surface area contributed by atoms with Gasteiger partial charge in [0, 0.05) is 24.2 Å². The van der Waals surface area contributed by atoms with Crippen molar-refractivity contribution in [3.8, 4) is 0 Å². The highest BCUT2D eigenvalue weighted by Gasteiger charge is 2.15. The number of nitrogens with zero attached hydrogens (tertiary/aromatic N) is 2. The van der Waals surface area contributed by atoms with Crippen LogP contribution in [0, 0.1) is 17.0 Å². The summed E-state index contributed by atoms with van der Waals surface area (Å²) >= 11 is 0. The lowest BCUT2D eigenvalue weighted by Gasteiger charge is -2.16. The minimum Gasteiger partial charge on any atom is -0.313 e. The lowest BCUT2D eigenvalue weighted by Crippen LogP contribution is -2.19. The largest absolute Gasteiger partial charge is 0.313 e. The molecule has 1 N–H and O–H groups in total. The first kappa shape index (κ1) is 14.1. The molecule has 1 unspecified atom stereocenters. The van der Waals surface area contributed by atoms with Gasteiger partial charge in [-0.05, 0) is 25.6 Å². The van der Waals surface area contributed by atoms with E-state index < -0.39 is 4.92 Å². The fraction of sp³-hybridized carbons (Fsp3) is 0.267. The molecule has 5 heteroatoms. The van der Waals surface area contributed by atoms with Crippen molar-refractivity contribution >= 4 is 5.69 Å². The zero-order valence-electron chi connectivity index (χ0n) is 11.5. The molecule has 0 saturated carbocycles. The number of likely N-dealkylation sites (N-methyl/N-ethyl adjacent to an activating group) is 1. The Bertz CT molecular complexity index is 599. The molecule has 1 aromatic carbocycles. The van der Waals surface area contributed by atoms with Gasteiger partial charge in [-0.15, -0.1) is 0 Å². The third-order valence-corrected chi connectivity index (χ3v) is 3.28. The van der Waals surface area contributed by atoms with Crippen LogP contribution >= 0.6 is 0 Å². The number of benzene rings is 1. The van der Waals surface area contributed by atoms with E-state index in [1.165, 1.54) is 11.6 Å². The zero-order chi connectivity index (χ0) is 14.5. The summed E-state index contributed by atoms with van der Waals surface area (Å²) in [7, 11) is 1.90. The van der Waals surface area contributed by atoms with Crippen LogP contribution in [0.3, 0.4) is 0 Å². The molecule has 2 aromatic rings. The second-order valence-corrected chi connectivity index (χ2v) is 4.62. The molecule has 104 valence electrons. The van der Waals surface area contributed by atoms with Crippen molar-refractivity contribution in [2.24, 2.45) is 0 Å². The highest BCUT2D eigenvalue weighted by Crippen LogP contribution is 2.20. The maximum Gasteiger partial charge on any atom is 0.290 e. The highest BCUT2D eigenvalue weighted by molar-refractivity contribution is 5.35. The summed E-state index contributed by atoms with van der Waals surface area (Å²) in [5.41, 5.74) is 2.54. The van der Waals surface area contributed by atoms with Crippen LogP contribution in [0.5, 0.6) is 0 Å². The number of aromatic nitrogens is 1. The van der Waals surface area contributed by atoms with Crippen LogP contribution in [0.25, 0.3) is 0 Å². The fourth-order valence-electron chi connectivity index (χ4n) is 2.19. The molecule has 0 amide bonds. The predicted molar refractivity (Wildman–Crippen MR) is 77.6 cm³/mol. The Morgan fingerprint density at radius 3 is 2.50 bits per heavy atom. The Morgan fingerprint density at radius 2 is 1.95 bits per heavy atom. The van der Waals surface area contributed by atoms with E-state index in [9.17, 15) is 10.1 Å². The van der Waals surface area contributed by atoms with Crippen molar-refractivity contribution in [3.63, 3.8) is 0 Å². The van der Waals surface area contributed by atoms with E-state index in [0.717, 1.165) is 5.69 Å². The maximum atomic E-state index is 10.8. The molecule has 5 nitrogen and oxygen atoms in total. The van der Waals surface area contributed by atoms with Crippen LogP contribution in [-0.2, 0) is 6.42 Å². The lowest BCUT2D eigenvalue weighted by atomic mass is 10.0. The Morgan fingerprint density at radius 1 is 1.25 bits per heavy atom. The first-order valence-corrected chi connectivity index (χ1v) is 6.45. The number of nitrogens with one attached hydrogen (secondary N) is 1. The summed E-state index contributed by atoms with van der Waals surface area (Å²) in [6, 6.07) is 13.5. The molecule has 1 atom stereocenters. The monoisotopic (exact) mass is 271 g/mol. The average molecular weight is 271 g/mol. The molecule has 0 aliphatic rings. The van der Waals surface area contributed by atoms with E-state index >= 15 is 0 Å². The smallest absolute Gasteiger partial charge is 0.290 e. The standard InChI is InChI=1S/C15H17N3O2/c1-11-15(18(19)20)9-8-13(17-11)10-14(16-2)12-6-4-3-5-7-12/h3-9,14,16H,10H2,1-2H3. The summed E-state index contributed by atoms with van der Waals surface area (Å²) in [5, 5.41) is 14.0. The summed E-state index contributed by atoms with van der Waals surface area (Å²) < 4.78 is 0. The molecule has 1 aromatic heterocycles. The molecule has 0 saturated heterocycles. The first-order chi connectivity index (χ1) is 9.61. The maximum absolute atomic E-state index is 10.8. The molecule has 20 heavy (non-hydrogen) atoms. The molecule has 0 aliphatic heterocycles. The van der Waals surface area contributed by atoms with Crippen LogP contribution in [0.2, 0.25) is 0 Å². The van der Waals surface area contributed by atoms with Crippen molar-refractivity contribution in [2.45, 2.75) is 19.4 Å². The number of nitro groups is 1. The van der Waals surface area contributed by atoms with Crippen molar-refractivity contribution < 1.29 is 4.92 Å². The fourth-order valence-corrected chi connectivity index (χ4v) is 2.19. The van der Waals surface area contributed by atoms with Gasteiger partial charge in [0.1, 0.15) is 5.69 Å². The van der Waals surface area contributed by atoms with Gasteiger partial charge in [0.05, 0.1) is 4.92 Å². The molecule has 0 aliphatic carbocycles. The summed E-state index contributed by atoms with van der Waals surface area (Å²) in [5.74, 6) is 0. The van der Waals surface area contributed by atoms with Gasteiger partial charge in [0.2, 0.25) is 0 Å². The second-order valence-electron chi connectivity index (χ2n) is 4.62. The predicted octanol–water partition coefficient (Wildman–Crippen LogP) is 2.80. The van der Waals surface area contributed by atoms with Gasteiger partial charge >= 0.3 is 0 Å². The summed E-state index contributed by atoms with van der Waals surface area (Å²) in [6.07, 6.45) is 0.694. The number of pyridine rings is 1. The van der Waals surface area contributed by atoms with Crippen molar-refractivity contribution in [1.29, 1.82) is 0 Å². The van der Waals surface area contributed by atoms with Crippen LogP contribution in [0.4, 0.5) is 5.69 Å². The third-order valence-electron chi connectivity index (χ3n) is 3.28. The van der Waals surface area contributed by atoms with Crippen LogP contribution in [0.15, 0.2) is 42.5 Å². The van der Waals surface area contributed by atoms with Gasteiger partial charge < -0.3 is 5.32 Å². The van der Waals surface area contributed by atoms with E-state index in [1.807, 2.05) is 25.2 Å².